The van der Waals surface area contributed by atoms with Crippen LogP contribution in [0.1, 0.15) is 25.7 Å². The van der Waals surface area contributed by atoms with E-state index in [1.807, 2.05) is 0 Å². The minimum atomic E-state index is -0.936. The van der Waals surface area contributed by atoms with Crippen molar-refractivity contribution >= 4 is 17.7 Å². The van der Waals surface area contributed by atoms with Crippen molar-refractivity contribution < 1.29 is 18.3 Å². The van der Waals surface area contributed by atoms with Gasteiger partial charge in [-0.15, -0.1) is 15.3 Å². The molecule has 170 valence electrons. The van der Waals surface area contributed by atoms with Crippen molar-refractivity contribution in [2.75, 3.05) is 23.3 Å². The first kappa shape index (κ1) is 21.2. The highest BCUT2D eigenvalue weighted by molar-refractivity contribution is 5.89. The Hall–Kier alpha value is -3.69. The molecule has 0 radical (unpaired) electrons. The lowest BCUT2D eigenvalue weighted by molar-refractivity contribution is 0.0148. The third kappa shape index (κ3) is 4.33. The van der Waals surface area contributed by atoms with Gasteiger partial charge >= 0.3 is 6.09 Å². The summed E-state index contributed by atoms with van der Waals surface area (Å²) in [6.07, 6.45) is 4.52. The molecular formula is C23H22F2N6O2. The molecule has 1 saturated heterocycles. The minimum absolute atomic E-state index is 0.0771. The Morgan fingerprint density at radius 2 is 1.91 bits per heavy atom. The van der Waals surface area contributed by atoms with Gasteiger partial charge in [0.05, 0.1) is 12.2 Å². The lowest BCUT2D eigenvalue weighted by atomic mass is 9.78. The Balaban J connectivity index is 1.15. The second-order valence-corrected chi connectivity index (χ2v) is 8.45. The van der Waals surface area contributed by atoms with Crippen LogP contribution in [0.2, 0.25) is 0 Å². The number of aromatic nitrogens is 4. The zero-order valence-corrected chi connectivity index (χ0v) is 17.7. The molecule has 1 N–H and O–H groups in total. The van der Waals surface area contributed by atoms with Crippen LogP contribution in [0.25, 0.3) is 11.3 Å². The van der Waals surface area contributed by atoms with Gasteiger partial charge in [-0.05, 0) is 68.0 Å². The molecule has 1 saturated carbocycles. The molecule has 2 fully saturated rings. The molecule has 3 aromatic rings. The van der Waals surface area contributed by atoms with Crippen LogP contribution in [0.5, 0.6) is 0 Å². The van der Waals surface area contributed by atoms with E-state index in [0.717, 1.165) is 31.7 Å². The maximum atomic E-state index is 14.0. The van der Waals surface area contributed by atoms with Gasteiger partial charge in [0.25, 0.3) is 0 Å². The molecule has 0 unspecified atom stereocenters. The van der Waals surface area contributed by atoms with E-state index in [1.165, 1.54) is 12.1 Å². The Bertz CT molecular complexity index is 1140. The Morgan fingerprint density at radius 3 is 2.64 bits per heavy atom. The highest BCUT2D eigenvalue weighted by Gasteiger charge is 2.48. The summed E-state index contributed by atoms with van der Waals surface area (Å²) in [5.41, 5.74) is -0.136. The normalized spacial score (nSPS) is 22.4. The number of hydrogen-bond donors (Lipinski definition) is 1. The quantitative estimate of drug-likeness (QED) is 0.620. The van der Waals surface area contributed by atoms with E-state index in [2.05, 4.69) is 25.7 Å². The van der Waals surface area contributed by atoms with E-state index >= 15 is 0 Å². The molecule has 33 heavy (non-hydrogen) atoms. The maximum Gasteiger partial charge on any atom is 0.416 e. The molecule has 10 heteroatoms. The van der Waals surface area contributed by atoms with Crippen molar-refractivity contribution in [2.24, 2.45) is 5.92 Å². The smallest absolute Gasteiger partial charge is 0.416 e. The lowest BCUT2D eigenvalue weighted by Crippen LogP contribution is -2.39. The van der Waals surface area contributed by atoms with E-state index in [1.54, 1.807) is 35.4 Å². The van der Waals surface area contributed by atoms with Gasteiger partial charge in [0.1, 0.15) is 11.4 Å². The molecule has 1 aromatic carbocycles. The number of ether oxygens (including phenoxy) is 1. The van der Waals surface area contributed by atoms with Crippen LogP contribution in [0.15, 0.2) is 48.7 Å². The number of benzene rings is 1. The number of carbonyl (C=O) groups is 1. The van der Waals surface area contributed by atoms with Crippen molar-refractivity contribution in [1.82, 2.24) is 20.4 Å². The van der Waals surface area contributed by atoms with Crippen molar-refractivity contribution in [1.29, 1.82) is 0 Å². The van der Waals surface area contributed by atoms with Crippen LogP contribution in [-0.4, -0.2) is 45.2 Å². The van der Waals surface area contributed by atoms with Crippen molar-refractivity contribution in [3.8, 4) is 11.3 Å². The Morgan fingerprint density at radius 1 is 1.06 bits per heavy atom. The maximum absolute atomic E-state index is 14.0. The first-order chi connectivity index (χ1) is 16.0. The van der Waals surface area contributed by atoms with Gasteiger partial charge in [0, 0.05) is 18.3 Å². The van der Waals surface area contributed by atoms with E-state index in [0.29, 0.717) is 30.6 Å². The number of amides is 1. The number of nitrogens with zero attached hydrogens (tertiary/aromatic N) is 5. The summed E-state index contributed by atoms with van der Waals surface area (Å²) >= 11 is 0. The summed E-state index contributed by atoms with van der Waals surface area (Å²) in [7, 11) is 0. The number of nitrogens with one attached hydrogen (secondary N) is 1. The minimum Gasteiger partial charge on any atom is -0.441 e. The van der Waals surface area contributed by atoms with Crippen LogP contribution in [0.3, 0.4) is 0 Å². The van der Waals surface area contributed by atoms with Crippen LogP contribution in [0.4, 0.5) is 25.2 Å². The van der Waals surface area contributed by atoms with Gasteiger partial charge in [-0.2, -0.15) is 5.10 Å². The fourth-order valence-corrected chi connectivity index (χ4v) is 4.43. The molecule has 1 spiro atoms. The van der Waals surface area contributed by atoms with Gasteiger partial charge < -0.3 is 10.1 Å². The fourth-order valence-electron chi connectivity index (χ4n) is 4.43. The largest absolute Gasteiger partial charge is 0.441 e. The van der Waals surface area contributed by atoms with Gasteiger partial charge in [0.15, 0.2) is 17.5 Å². The number of anilines is 2. The molecule has 0 bridgehead atoms. The van der Waals surface area contributed by atoms with Gasteiger partial charge in [0.2, 0.25) is 0 Å². The third-order valence-corrected chi connectivity index (χ3v) is 6.29. The third-order valence-electron chi connectivity index (χ3n) is 6.29. The highest BCUT2D eigenvalue weighted by atomic mass is 19.2. The summed E-state index contributed by atoms with van der Waals surface area (Å²) in [5.74, 6) is -0.393. The zero-order chi connectivity index (χ0) is 22.8. The van der Waals surface area contributed by atoms with E-state index in [4.69, 9.17) is 4.74 Å². The molecule has 5 rings (SSSR count). The molecule has 3 heterocycles. The zero-order valence-electron chi connectivity index (χ0n) is 17.7. The second kappa shape index (κ2) is 8.68. The Labute approximate surface area is 189 Å². The van der Waals surface area contributed by atoms with Crippen LogP contribution in [-0.2, 0) is 4.74 Å². The monoisotopic (exact) mass is 452 g/mol. The summed E-state index contributed by atoms with van der Waals surface area (Å²) < 4.78 is 33.1. The molecule has 1 aliphatic carbocycles. The molecule has 1 amide bonds. The SMILES string of the molecule is O=C1OC2(CCC(CNc3ccc(-c4cccc(F)c4F)nn3)CC2)CN1c1cccnn1. The summed E-state index contributed by atoms with van der Waals surface area (Å²) in [5, 5.41) is 19.2. The summed E-state index contributed by atoms with van der Waals surface area (Å²) in [6, 6.07) is 10.8. The van der Waals surface area contributed by atoms with Crippen molar-refractivity contribution in [2.45, 2.75) is 31.3 Å². The second-order valence-electron chi connectivity index (χ2n) is 8.45. The van der Waals surface area contributed by atoms with Gasteiger partial charge in [-0.1, -0.05) is 6.07 Å². The Kier molecular flexibility index (Phi) is 5.57. The topological polar surface area (TPSA) is 93.1 Å². The van der Waals surface area contributed by atoms with Crippen LogP contribution in [0, 0.1) is 17.6 Å². The van der Waals surface area contributed by atoms with Crippen LogP contribution < -0.4 is 10.2 Å². The fraction of sp³-hybridized carbons (Fsp3) is 0.348. The van der Waals surface area contributed by atoms with Crippen molar-refractivity contribution in [3.63, 3.8) is 0 Å². The number of carbonyl (C=O) groups excluding carboxylic acids is 1. The average molecular weight is 452 g/mol. The lowest BCUT2D eigenvalue weighted by Gasteiger charge is -2.35. The van der Waals surface area contributed by atoms with E-state index in [9.17, 15) is 13.6 Å². The molecule has 2 aliphatic rings. The van der Waals surface area contributed by atoms with Crippen molar-refractivity contribution in [3.05, 3.63) is 60.3 Å². The number of rotatable bonds is 5. The molecule has 0 atom stereocenters. The molecule has 2 aromatic heterocycles. The first-order valence-corrected chi connectivity index (χ1v) is 10.8. The van der Waals surface area contributed by atoms with Gasteiger partial charge in [-0.25, -0.2) is 13.6 Å². The highest BCUT2D eigenvalue weighted by Crippen LogP contribution is 2.40. The predicted molar refractivity (Wildman–Crippen MR) is 116 cm³/mol. The van der Waals surface area contributed by atoms with E-state index in [-0.39, 0.29) is 17.4 Å². The average Bonchev–Trinajstić information content (AvgIpc) is 3.17. The molecular weight excluding hydrogens is 430 g/mol. The van der Waals surface area contributed by atoms with Crippen LogP contribution >= 0.6 is 0 Å². The summed E-state index contributed by atoms with van der Waals surface area (Å²) in [6.45, 7) is 1.18. The van der Waals surface area contributed by atoms with E-state index < -0.39 is 17.2 Å². The predicted octanol–water partition coefficient (Wildman–Crippen LogP) is 4.21. The standard InChI is InChI=1S/C23H22F2N6O2/c24-17-4-1-3-16(21(17)25)18-6-7-19(29-28-18)26-13-15-8-10-23(11-9-15)14-31(22(32)33-23)20-5-2-12-27-30-20/h1-7,12,15H,8-11,13-14H2,(H,26,29). The molecule has 1 aliphatic heterocycles. The van der Waals surface area contributed by atoms with Gasteiger partial charge in [-0.3, -0.25) is 4.90 Å². The molecule has 8 nitrogen and oxygen atoms in total. The first-order valence-electron chi connectivity index (χ1n) is 10.8. The number of hydrogen-bond acceptors (Lipinski definition) is 7. The number of halogens is 2. The summed E-state index contributed by atoms with van der Waals surface area (Å²) in [4.78, 5) is 13.9.